The number of carboxylic acid groups (broad SMARTS) is 1. The van der Waals surface area contributed by atoms with Crippen molar-refractivity contribution in [2.45, 2.75) is 67.5 Å². The fourth-order valence-electron chi connectivity index (χ4n) is 2.92. The molecular weight excluding hydrogens is 404 g/mol. The molecule has 0 spiro atoms. The highest BCUT2D eigenvalue weighted by Gasteiger charge is 2.52. The third-order valence-corrected chi connectivity index (χ3v) is 4.59. The summed E-state index contributed by atoms with van der Waals surface area (Å²) in [5, 5.41) is 86.6. The summed E-state index contributed by atoms with van der Waals surface area (Å²) >= 11 is 0. The van der Waals surface area contributed by atoms with Crippen LogP contribution in [0.1, 0.15) is 0 Å². The standard InChI is InChI=1S/C15H26O14/c16-1-4(18)3-26-14-10(23)8(21)11(12(29-14)13(24)25)28-15-9(22)7(20)6(19)5(2-17)27-15/h4-12,14-23H,1-3H2,(H,24,25)/t4?,5-,6-,7+,8-,9-,10-,11-,12+,14+,15-/m1/s1. The number of hydrogen-bond donors (Lipinski definition) is 9. The molecule has 2 aliphatic heterocycles. The quantitative estimate of drug-likeness (QED) is 0.174. The molecule has 11 atom stereocenters. The molecule has 0 saturated carbocycles. The van der Waals surface area contributed by atoms with E-state index in [9.17, 15) is 45.6 Å². The second-order valence-corrected chi connectivity index (χ2v) is 6.71. The van der Waals surface area contributed by atoms with Crippen molar-refractivity contribution in [3.63, 3.8) is 0 Å². The van der Waals surface area contributed by atoms with Gasteiger partial charge in [-0.15, -0.1) is 0 Å². The SMILES string of the molecule is O=C(O)[C@H]1O[C@H](OCC(O)CO)[C@H](O)[C@@H](O)[C@H]1O[C@H]1O[C@H](CO)[C@@H](O)[C@H](O)[C@H]1O. The van der Waals surface area contributed by atoms with E-state index in [1.54, 1.807) is 0 Å². The van der Waals surface area contributed by atoms with E-state index in [0.717, 1.165) is 0 Å². The third kappa shape index (κ3) is 5.38. The first-order valence-corrected chi connectivity index (χ1v) is 8.73. The molecule has 14 nitrogen and oxygen atoms in total. The van der Waals surface area contributed by atoms with Crippen molar-refractivity contribution in [2.24, 2.45) is 0 Å². The van der Waals surface area contributed by atoms with Gasteiger partial charge in [0.25, 0.3) is 0 Å². The topological polar surface area (TPSA) is 236 Å². The molecule has 0 radical (unpaired) electrons. The van der Waals surface area contributed by atoms with E-state index in [0.29, 0.717) is 0 Å². The molecule has 0 aliphatic carbocycles. The molecule has 0 aromatic rings. The smallest absolute Gasteiger partial charge is 0.335 e. The van der Waals surface area contributed by atoms with Gasteiger partial charge in [-0.1, -0.05) is 0 Å². The lowest BCUT2D eigenvalue weighted by atomic mass is 9.97. The Morgan fingerprint density at radius 2 is 1.52 bits per heavy atom. The predicted molar refractivity (Wildman–Crippen MR) is 86.0 cm³/mol. The van der Waals surface area contributed by atoms with Crippen molar-refractivity contribution in [3.8, 4) is 0 Å². The number of hydrogen-bond acceptors (Lipinski definition) is 13. The van der Waals surface area contributed by atoms with Gasteiger partial charge in [-0.25, -0.2) is 4.79 Å². The van der Waals surface area contributed by atoms with Crippen LogP contribution in [0.5, 0.6) is 0 Å². The molecule has 2 heterocycles. The lowest BCUT2D eigenvalue weighted by Gasteiger charge is -2.45. The van der Waals surface area contributed by atoms with E-state index in [1.165, 1.54) is 0 Å². The Balaban J connectivity index is 2.13. The van der Waals surface area contributed by atoms with E-state index in [2.05, 4.69) is 0 Å². The minimum atomic E-state index is -1.94. The first-order chi connectivity index (χ1) is 13.6. The maximum atomic E-state index is 11.5. The average Bonchev–Trinajstić information content (AvgIpc) is 2.70. The Labute approximate surface area is 164 Å². The highest BCUT2D eigenvalue weighted by atomic mass is 16.7. The van der Waals surface area contributed by atoms with Crippen molar-refractivity contribution >= 4 is 5.97 Å². The highest BCUT2D eigenvalue weighted by Crippen LogP contribution is 2.29. The summed E-state index contributed by atoms with van der Waals surface area (Å²) < 4.78 is 20.4. The van der Waals surface area contributed by atoms with Crippen LogP contribution in [0.3, 0.4) is 0 Å². The van der Waals surface area contributed by atoms with Gasteiger partial charge in [-0.3, -0.25) is 0 Å². The fraction of sp³-hybridized carbons (Fsp3) is 0.933. The lowest BCUT2D eigenvalue weighted by molar-refractivity contribution is -0.355. The number of rotatable bonds is 8. The molecule has 1 unspecified atom stereocenters. The van der Waals surface area contributed by atoms with Gasteiger partial charge >= 0.3 is 5.97 Å². The Morgan fingerprint density at radius 1 is 0.897 bits per heavy atom. The van der Waals surface area contributed by atoms with E-state index >= 15 is 0 Å². The van der Waals surface area contributed by atoms with Gasteiger partial charge in [0.05, 0.1) is 19.8 Å². The number of aliphatic carboxylic acids is 1. The molecule has 2 rings (SSSR count). The summed E-state index contributed by atoms with van der Waals surface area (Å²) in [6.45, 7) is -1.96. The third-order valence-electron chi connectivity index (χ3n) is 4.59. The number of carboxylic acids is 1. The van der Waals surface area contributed by atoms with Crippen LogP contribution in [0.2, 0.25) is 0 Å². The average molecular weight is 430 g/mol. The van der Waals surface area contributed by atoms with Crippen LogP contribution in [0.4, 0.5) is 0 Å². The van der Waals surface area contributed by atoms with Gasteiger partial charge in [-0.2, -0.15) is 0 Å². The molecule has 29 heavy (non-hydrogen) atoms. The molecule has 2 saturated heterocycles. The van der Waals surface area contributed by atoms with Gasteiger partial charge in [0, 0.05) is 0 Å². The van der Waals surface area contributed by atoms with Gasteiger partial charge in [0.2, 0.25) is 0 Å². The molecule has 14 heteroatoms. The van der Waals surface area contributed by atoms with E-state index < -0.39 is 93.3 Å². The fourth-order valence-corrected chi connectivity index (χ4v) is 2.92. The number of aliphatic hydroxyl groups excluding tert-OH is 8. The molecule has 0 aromatic heterocycles. The zero-order valence-corrected chi connectivity index (χ0v) is 15.0. The zero-order valence-electron chi connectivity index (χ0n) is 15.0. The minimum absolute atomic E-state index is 0.532. The molecule has 170 valence electrons. The second-order valence-electron chi connectivity index (χ2n) is 6.71. The van der Waals surface area contributed by atoms with Crippen LogP contribution in [0, 0.1) is 0 Å². The molecule has 0 amide bonds. The lowest BCUT2D eigenvalue weighted by Crippen LogP contribution is -2.65. The summed E-state index contributed by atoms with van der Waals surface area (Å²) in [6.07, 6.45) is -19.1. The Morgan fingerprint density at radius 3 is 2.07 bits per heavy atom. The van der Waals surface area contributed by atoms with Crippen molar-refractivity contribution in [2.75, 3.05) is 19.8 Å². The maximum Gasteiger partial charge on any atom is 0.335 e. The van der Waals surface area contributed by atoms with Crippen molar-refractivity contribution in [1.82, 2.24) is 0 Å². The molecule has 9 N–H and O–H groups in total. The van der Waals surface area contributed by atoms with Crippen LogP contribution in [-0.4, -0.2) is 139 Å². The first-order valence-electron chi connectivity index (χ1n) is 8.73. The van der Waals surface area contributed by atoms with Gasteiger partial charge < -0.3 is 64.9 Å². The summed E-state index contributed by atoms with van der Waals surface area (Å²) in [5.74, 6) is -1.64. The van der Waals surface area contributed by atoms with Crippen molar-refractivity contribution < 1.29 is 69.7 Å². The van der Waals surface area contributed by atoms with Gasteiger partial charge in [-0.05, 0) is 0 Å². The molecule has 2 fully saturated rings. The Hall–Kier alpha value is -1.01. The van der Waals surface area contributed by atoms with Gasteiger partial charge in [0.1, 0.15) is 48.8 Å². The number of ether oxygens (including phenoxy) is 4. The molecule has 2 aliphatic rings. The number of aliphatic hydroxyl groups is 8. The summed E-state index contributed by atoms with van der Waals surface area (Å²) in [7, 11) is 0. The van der Waals surface area contributed by atoms with Crippen molar-refractivity contribution in [3.05, 3.63) is 0 Å². The Kier molecular flexibility index (Phi) is 8.65. The van der Waals surface area contributed by atoms with Crippen LogP contribution < -0.4 is 0 Å². The molecule has 0 bridgehead atoms. The van der Waals surface area contributed by atoms with E-state index in [-0.39, 0.29) is 0 Å². The highest BCUT2D eigenvalue weighted by molar-refractivity contribution is 5.73. The normalized spacial score (nSPS) is 44.4. The van der Waals surface area contributed by atoms with Crippen LogP contribution >= 0.6 is 0 Å². The molecule has 0 aromatic carbocycles. The van der Waals surface area contributed by atoms with Crippen molar-refractivity contribution in [1.29, 1.82) is 0 Å². The minimum Gasteiger partial charge on any atom is -0.479 e. The summed E-state index contributed by atoms with van der Waals surface area (Å²) in [4.78, 5) is 11.5. The predicted octanol–water partition coefficient (Wildman–Crippen LogP) is -5.93. The first kappa shape index (κ1) is 24.3. The maximum absolute atomic E-state index is 11.5. The molecular formula is C15H26O14. The van der Waals surface area contributed by atoms with E-state index in [1.807, 2.05) is 0 Å². The van der Waals surface area contributed by atoms with Crippen LogP contribution in [-0.2, 0) is 23.7 Å². The van der Waals surface area contributed by atoms with Crippen LogP contribution in [0.15, 0.2) is 0 Å². The van der Waals surface area contributed by atoms with Gasteiger partial charge in [0.15, 0.2) is 18.7 Å². The second kappa shape index (κ2) is 10.3. The largest absolute Gasteiger partial charge is 0.479 e. The van der Waals surface area contributed by atoms with E-state index in [4.69, 9.17) is 24.1 Å². The zero-order chi connectivity index (χ0) is 21.9. The summed E-state index contributed by atoms with van der Waals surface area (Å²) in [5.41, 5.74) is 0. The summed E-state index contributed by atoms with van der Waals surface area (Å²) in [6, 6.07) is 0. The number of carbonyl (C=O) groups is 1. The van der Waals surface area contributed by atoms with Crippen LogP contribution in [0.25, 0.3) is 0 Å². The monoisotopic (exact) mass is 430 g/mol. The Bertz CT molecular complexity index is 531.